The predicted molar refractivity (Wildman–Crippen MR) is 59.1 cm³/mol. The third-order valence-electron chi connectivity index (χ3n) is 2.36. The van der Waals surface area contributed by atoms with Crippen molar-refractivity contribution in [2.24, 2.45) is 0 Å². The van der Waals surface area contributed by atoms with Crippen molar-refractivity contribution in [1.29, 1.82) is 0 Å². The van der Waals surface area contributed by atoms with E-state index >= 15 is 0 Å². The van der Waals surface area contributed by atoms with Gasteiger partial charge < -0.3 is 24.7 Å². The third-order valence-corrected chi connectivity index (χ3v) is 6.10. The molecule has 0 aliphatic rings. The van der Waals surface area contributed by atoms with Gasteiger partial charge in [0.1, 0.15) is 0 Å². The minimum Gasteiger partial charge on any atom is -0.367 e. The van der Waals surface area contributed by atoms with Gasteiger partial charge in [-0.25, -0.2) is 8.78 Å². The molecule has 108 valence electrons. The summed E-state index contributed by atoms with van der Waals surface area (Å²) in [5.41, 5.74) is -0.381. The van der Waals surface area contributed by atoms with Gasteiger partial charge in [-0.05, 0) is 17.7 Å². The lowest BCUT2D eigenvalue weighted by molar-refractivity contribution is 0.131. The van der Waals surface area contributed by atoms with E-state index < -0.39 is 38.3 Å². The zero-order valence-electron chi connectivity index (χ0n) is 9.14. The summed E-state index contributed by atoms with van der Waals surface area (Å²) in [7, 11) is -11.3. The molecule has 7 nitrogen and oxygen atoms in total. The summed E-state index contributed by atoms with van der Waals surface area (Å²) in [6.45, 7) is 0. The van der Waals surface area contributed by atoms with E-state index in [0.29, 0.717) is 12.1 Å². The van der Waals surface area contributed by atoms with Crippen molar-refractivity contribution in [2.45, 2.75) is 11.5 Å². The topological polar surface area (TPSA) is 135 Å². The summed E-state index contributed by atoms with van der Waals surface area (Å²) in [5.74, 6) is -2.63. The average Bonchev–Trinajstić information content (AvgIpc) is 2.20. The first-order valence-electron chi connectivity index (χ1n) is 4.66. The lowest BCUT2D eigenvalue weighted by Gasteiger charge is -2.29. The molecule has 0 amide bonds. The molecule has 0 fully saturated rings. The zero-order chi connectivity index (χ0) is 15.1. The van der Waals surface area contributed by atoms with E-state index in [1.54, 1.807) is 0 Å². The fourth-order valence-electron chi connectivity index (χ4n) is 1.30. The zero-order valence-corrected chi connectivity index (χ0v) is 10.9. The minimum absolute atomic E-state index is 0.381. The second-order valence-electron chi connectivity index (χ2n) is 3.79. The Morgan fingerprint density at radius 2 is 1.47 bits per heavy atom. The fraction of sp³-hybridized carbons (Fsp3) is 0.250. The molecule has 0 saturated heterocycles. The van der Waals surface area contributed by atoms with Crippen molar-refractivity contribution in [3.63, 3.8) is 0 Å². The van der Waals surface area contributed by atoms with Gasteiger partial charge in [-0.2, -0.15) is 0 Å². The first kappa shape index (κ1) is 16.4. The summed E-state index contributed by atoms with van der Waals surface area (Å²) in [6, 6.07) is 1.92. The van der Waals surface area contributed by atoms with Crippen LogP contribution in [0, 0.1) is 11.6 Å². The Bertz CT molecular complexity index is 556. The van der Waals surface area contributed by atoms with E-state index in [1.165, 1.54) is 0 Å². The molecule has 1 aromatic rings. The molecule has 0 aliphatic heterocycles. The van der Waals surface area contributed by atoms with Gasteiger partial charge in [-0.15, -0.1) is 0 Å². The molecule has 5 N–H and O–H groups in total. The monoisotopic (exact) mass is 318 g/mol. The van der Waals surface area contributed by atoms with Crippen LogP contribution in [-0.4, -0.2) is 29.8 Å². The number of rotatable bonds is 4. The second-order valence-corrected chi connectivity index (χ2v) is 7.80. The Morgan fingerprint density at radius 1 is 1.00 bits per heavy atom. The molecule has 0 bridgehead atoms. The number of benzene rings is 1. The van der Waals surface area contributed by atoms with Crippen molar-refractivity contribution < 1.29 is 42.6 Å². The number of aliphatic hydroxyl groups is 1. The Morgan fingerprint density at radius 3 is 1.84 bits per heavy atom. The van der Waals surface area contributed by atoms with E-state index in [9.17, 15) is 23.0 Å². The Labute approximate surface area is 105 Å². The van der Waals surface area contributed by atoms with Crippen LogP contribution in [0.15, 0.2) is 18.2 Å². The maximum Gasteiger partial charge on any atom is 0.369 e. The highest BCUT2D eigenvalue weighted by molar-refractivity contribution is 7.72. The lowest BCUT2D eigenvalue weighted by Crippen LogP contribution is -2.31. The molecule has 0 heterocycles. The smallest absolute Gasteiger partial charge is 0.367 e. The first-order valence-corrected chi connectivity index (χ1v) is 7.88. The highest BCUT2D eigenvalue weighted by Gasteiger charge is 2.59. The molecule has 0 atom stereocenters. The van der Waals surface area contributed by atoms with Crippen LogP contribution >= 0.6 is 15.2 Å². The maximum atomic E-state index is 12.9. The summed E-state index contributed by atoms with van der Waals surface area (Å²) in [6.07, 6.45) is -1.24. The number of halogens is 2. The van der Waals surface area contributed by atoms with E-state index in [-0.39, 0.29) is 5.56 Å². The fourth-order valence-corrected chi connectivity index (χ4v) is 3.43. The molecule has 0 aromatic heterocycles. The Kier molecular flexibility index (Phi) is 4.34. The molecule has 19 heavy (non-hydrogen) atoms. The minimum atomic E-state index is -5.63. The van der Waals surface area contributed by atoms with Crippen LogP contribution in [0.3, 0.4) is 0 Å². The Hall–Kier alpha value is -0.660. The molecule has 11 heteroatoms. The molecule has 1 aromatic carbocycles. The molecule has 0 saturated carbocycles. The third kappa shape index (κ3) is 3.27. The Balaban J connectivity index is 3.28. The second kappa shape index (κ2) is 5.03. The van der Waals surface area contributed by atoms with E-state index in [1.807, 2.05) is 0 Å². The van der Waals surface area contributed by atoms with Crippen LogP contribution in [0.5, 0.6) is 0 Å². The standard InChI is InChI=1S/C8H10F2O7P2/c9-6-2-1-5(3-7(6)10)4-8(11,18(12,13)14)19(15,16)17/h1-3,11H,4H2,(H2,12,13,14)(H2,15,16,17). The van der Waals surface area contributed by atoms with Crippen LogP contribution < -0.4 is 0 Å². The van der Waals surface area contributed by atoms with Crippen LogP contribution in [-0.2, 0) is 15.6 Å². The van der Waals surface area contributed by atoms with E-state index in [4.69, 9.17) is 19.6 Å². The van der Waals surface area contributed by atoms with Gasteiger partial charge in [-0.3, -0.25) is 9.13 Å². The highest BCUT2D eigenvalue weighted by atomic mass is 31.2. The van der Waals surface area contributed by atoms with Crippen molar-refractivity contribution >= 4 is 15.2 Å². The van der Waals surface area contributed by atoms with Crippen molar-refractivity contribution in [2.75, 3.05) is 0 Å². The van der Waals surface area contributed by atoms with Gasteiger partial charge >= 0.3 is 15.2 Å². The van der Waals surface area contributed by atoms with Gasteiger partial charge in [-0.1, -0.05) is 6.07 Å². The summed E-state index contributed by atoms with van der Waals surface area (Å²) >= 11 is 0. The van der Waals surface area contributed by atoms with Crippen molar-refractivity contribution in [1.82, 2.24) is 0 Å². The van der Waals surface area contributed by atoms with Crippen LogP contribution in [0.4, 0.5) is 8.78 Å². The van der Waals surface area contributed by atoms with Crippen molar-refractivity contribution in [3.8, 4) is 0 Å². The SMILES string of the molecule is O=P(O)(O)C(O)(Cc1ccc(F)c(F)c1)P(=O)(O)O. The lowest BCUT2D eigenvalue weighted by atomic mass is 10.1. The molecule has 0 aliphatic carbocycles. The highest BCUT2D eigenvalue weighted by Crippen LogP contribution is 2.68. The van der Waals surface area contributed by atoms with Gasteiger partial charge in [0, 0.05) is 6.42 Å². The van der Waals surface area contributed by atoms with Crippen LogP contribution in [0.2, 0.25) is 0 Å². The average molecular weight is 318 g/mol. The molecular formula is C8H10F2O7P2. The summed E-state index contributed by atoms with van der Waals surface area (Å²) in [4.78, 5) is 35.4. The quantitative estimate of drug-likeness (QED) is 0.510. The first-order chi connectivity index (χ1) is 8.38. The molecule has 0 spiro atoms. The van der Waals surface area contributed by atoms with Crippen LogP contribution in [0.25, 0.3) is 0 Å². The summed E-state index contributed by atoms with van der Waals surface area (Å²) in [5, 5.41) is 5.87. The number of hydrogen-bond acceptors (Lipinski definition) is 3. The molecule has 0 radical (unpaired) electrons. The van der Waals surface area contributed by atoms with Gasteiger partial charge in [0.15, 0.2) is 11.6 Å². The van der Waals surface area contributed by atoms with Gasteiger partial charge in [0.25, 0.3) is 5.08 Å². The van der Waals surface area contributed by atoms with Crippen LogP contribution in [0.1, 0.15) is 5.56 Å². The van der Waals surface area contributed by atoms with E-state index in [0.717, 1.165) is 6.07 Å². The summed E-state index contributed by atoms with van der Waals surface area (Å²) < 4.78 is 47.6. The van der Waals surface area contributed by atoms with Gasteiger partial charge in [0.05, 0.1) is 0 Å². The molecule has 0 unspecified atom stereocenters. The molecule has 1 rings (SSSR count). The maximum absolute atomic E-state index is 12.9. The largest absolute Gasteiger partial charge is 0.369 e. The number of hydrogen-bond donors (Lipinski definition) is 5. The molecular weight excluding hydrogens is 308 g/mol. The van der Waals surface area contributed by atoms with Crippen molar-refractivity contribution in [3.05, 3.63) is 35.4 Å². The van der Waals surface area contributed by atoms with E-state index in [2.05, 4.69) is 0 Å². The predicted octanol–water partition coefficient (Wildman–Crippen LogP) is 0.509. The normalized spacial score (nSPS) is 13.6. The van der Waals surface area contributed by atoms with Gasteiger partial charge in [0.2, 0.25) is 0 Å².